The number of rotatable bonds is 4. The maximum absolute atomic E-state index is 9.68. The number of aromatic nitrogens is 6. The predicted octanol–water partition coefficient (Wildman–Crippen LogP) is 2.36. The van der Waals surface area contributed by atoms with Gasteiger partial charge in [0.05, 0.1) is 42.6 Å². The van der Waals surface area contributed by atoms with Crippen molar-refractivity contribution < 1.29 is 9.52 Å². The van der Waals surface area contributed by atoms with Gasteiger partial charge in [-0.2, -0.15) is 10.2 Å². The lowest BCUT2D eigenvalue weighted by Crippen LogP contribution is -2.23. The molecule has 32 heavy (non-hydrogen) atoms. The second-order valence-corrected chi connectivity index (χ2v) is 7.47. The van der Waals surface area contributed by atoms with Crippen molar-refractivity contribution in [3.05, 3.63) is 72.0 Å². The number of H-pyrrole nitrogens is 1. The van der Waals surface area contributed by atoms with Crippen LogP contribution in [0.3, 0.4) is 0 Å². The number of furan rings is 1. The molecule has 0 aromatic carbocycles. The first kappa shape index (κ1) is 18.5. The fourth-order valence-electron chi connectivity index (χ4n) is 3.93. The van der Waals surface area contributed by atoms with E-state index in [1.54, 1.807) is 23.4 Å². The molecule has 6 heterocycles. The molecule has 1 aliphatic rings. The third-order valence-corrected chi connectivity index (χ3v) is 5.41. The van der Waals surface area contributed by atoms with Crippen LogP contribution in [-0.2, 0) is 20.2 Å². The number of aryl methyl sites for hydroxylation is 1. The second-order valence-electron chi connectivity index (χ2n) is 7.47. The molecule has 0 amide bonds. The van der Waals surface area contributed by atoms with E-state index in [0.29, 0.717) is 29.5 Å². The van der Waals surface area contributed by atoms with Gasteiger partial charge < -0.3 is 19.9 Å². The molecule has 3 N–H and O–H groups in total. The smallest absolute Gasteiger partial charge is 0.161 e. The minimum Gasteiger partial charge on any atom is -0.472 e. The van der Waals surface area contributed by atoms with Crippen molar-refractivity contribution in [1.29, 1.82) is 0 Å². The Morgan fingerprint density at radius 2 is 2.09 bits per heavy atom. The van der Waals surface area contributed by atoms with E-state index in [0.717, 1.165) is 39.1 Å². The molecule has 0 spiro atoms. The van der Waals surface area contributed by atoms with E-state index in [-0.39, 0.29) is 6.61 Å². The number of hydrogen-bond acceptors (Lipinski definition) is 8. The number of fused-ring (bicyclic) bond motifs is 2. The third kappa shape index (κ3) is 2.88. The number of hydrogen-bond donors (Lipinski definition) is 3. The predicted molar refractivity (Wildman–Crippen MR) is 116 cm³/mol. The molecule has 0 aliphatic carbocycles. The van der Waals surface area contributed by atoms with Crippen LogP contribution >= 0.6 is 0 Å². The third-order valence-electron chi connectivity index (χ3n) is 5.41. The molecule has 158 valence electrons. The van der Waals surface area contributed by atoms with Gasteiger partial charge in [-0.25, -0.2) is 9.97 Å². The number of aliphatic hydroxyl groups is 1. The lowest BCUT2D eigenvalue weighted by molar-refractivity contribution is 0.276. The number of hydrazone groups is 1. The molecule has 0 saturated heterocycles. The van der Waals surface area contributed by atoms with Crippen LogP contribution in [0.15, 0.2) is 58.7 Å². The first-order chi connectivity index (χ1) is 15.7. The summed E-state index contributed by atoms with van der Waals surface area (Å²) in [6.45, 7) is 0.402. The normalized spacial score (nSPS) is 13.1. The minimum absolute atomic E-state index is 0.162. The fraction of sp³-hybridized carbons (Fsp3) is 0.136. The molecule has 0 fully saturated rings. The van der Waals surface area contributed by atoms with Crippen molar-refractivity contribution in [3.8, 4) is 22.5 Å². The van der Waals surface area contributed by atoms with E-state index >= 15 is 0 Å². The Kier molecular flexibility index (Phi) is 4.12. The Bertz CT molecular complexity index is 1480. The quantitative estimate of drug-likeness (QED) is 0.402. The monoisotopic (exact) mass is 426 g/mol. The second kappa shape index (κ2) is 7.13. The Morgan fingerprint density at radius 3 is 2.94 bits per heavy atom. The molecule has 10 nitrogen and oxygen atoms in total. The molecule has 0 atom stereocenters. The molecule has 6 rings (SSSR count). The number of nitrogens with zero attached hydrogens (tertiary/aromatic N) is 6. The van der Waals surface area contributed by atoms with Crippen LogP contribution in [0.4, 0.5) is 0 Å². The zero-order valence-corrected chi connectivity index (χ0v) is 17.1. The molecule has 0 radical (unpaired) electrons. The van der Waals surface area contributed by atoms with Gasteiger partial charge in [-0.05, 0) is 18.2 Å². The average molecular weight is 426 g/mol. The van der Waals surface area contributed by atoms with Crippen molar-refractivity contribution in [1.82, 2.24) is 35.1 Å². The van der Waals surface area contributed by atoms with Gasteiger partial charge in [-0.3, -0.25) is 9.67 Å². The molecule has 0 unspecified atom stereocenters. The summed E-state index contributed by atoms with van der Waals surface area (Å²) in [6, 6.07) is 7.67. The Hall–Kier alpha value is -4.31. The molecule has 0 bridgehead atoms. The minimum atomic E-state index is -0.162. The van der Waals surface area contributed by atoms with Gasteiger partial charge in [0.1, 0.15) is 16.9 Å². The maximum atomic E-state index is 9.68. The molecule has 5 aromatic rings. The molecular formula is C22H18N8O2. The number of aliphatic hydroxyl groups excluding tert-OH is 1. The number of pyridine rings is 2. The van der Waals surface area contributed by atoms with Gasteiger partial charge in [0.25, 0.3) is 0 Å². The first-order valence-electron chi connectivity index (χ1n) is 10.0. The fourth-order valence-corrected chi connectivity index (χ4v) is 3.93. The van der Waals surface area contributed by atoms with E-state index in [1.165, 1.54) is 0 Å². The van der Waals surface area contributed by atoms with Crippen LogP contribution in [0.25, 0.3) is 33.5 Å². The summed E-state index contributed by atoms with van der Waals surface area (Å²) in [6.07, 6.45) is 6.84. The van der Waals surface area contributed by atoms with Crippen LogP contribution in [0, 0.1) is 0 Å². The Balaban J connectivity index is 1.48. The van der Waals surface area contributed by atoms with Crippen LogP contribution in [-0.4, -0.2) is 40.5 Å². The number of imidazole rings is 1. The van der Waals surface area contributed by atoms with Crippen molar-refractivity contribution in [2.45, 2.75) is 13.2 Å². The molecule has 0 saturated carbocycles. The van der Waals surface area contributed by atoms with Crippen molar-refractivity contribution in [2.75, 3.05) is 0 Å². The van der Waals surface area contributed by atoms with E-state index in [2.05, 4.69) is 25.6 Å². The molecule has 1 aliphatic heterocycles. The van der Waals surface area contributed by atoms with Crippen molar-refractivity contribution in [2.24, 2.45) is 12.1 Å². The summed E-state index contributed by atoms with van der Waals surface area (Å²) in [5, 5.41) is 18.5. The summed E-state index contributed by atoms with van der Waals surface area (Å²) < 4.78 is 6.89. The zero-order valence-electron chi connectivity index (χ0n) is 17.1. The summed E-state index contributed by atoms with van der Waals surface area (Å²) in [5.74, 6) is 0.587. The van der Waals surface area contributed by atoms with Crippen LogP contribution in [0.5, 0.6) is 0 Å². The summed E-state index contributed by atoms with van der Waals surface area (Å²) in [7, 11) is 1.82. The van der Waals surface area contributed by atoms with Crippen LogP contribution in [0.1, 0.15) is 22.8 Å². The summed E-state index contributed by atoms with van der Waals surface area (Å²) in [5.41, 5.74) is 10.6. The van der Waals surface area contributed by atoms with Gasteiger partial charge in [-0.1, -0.05) is 6.07 Å². The topological polar surface area (TPSA) is 130 Å². The van der Waals surface area contributed by atoms with Crippen molar-refractivity contribution in [3.63, 3.8) is 0 Å². The lowest BCUT2D eigenvalue weighted by atomic mass is 10.0. The van der Waals surface area contributed by atoms with Crippen LogP contribution in [0.2, 0.25) is 0 Å². The van der Waals surface area contributed by atoms with E-state index in [9.17, 15) is 5.11 Å². The van der Waals surface area contributed by atoms with Gasteiger partial charge in [-0.15, -0.1) is 0 Å². The van der Waals surface area contributed by atoms with Gasteiger partial charge in [0, 0.05) is 36.1 Å². The highest BCUT2D eigenvalue weighted by atomic mass is 16.3. The van der Waals surface area contributed by atoms with Crippen LogP contribution < -0.4 is 5.43 Å². The van der Waals surface area contributed by atoms with E-state index in [1.807, 2.05) is 37.5 Å². The largest absolute Gasteiger partial charge is 0.472 e. The van der Waals surface area contributed by atoms with E-state index < -0.39 is 0 Å². The Morgan fingerprint density at radius 1 is 1.16 bits per heavy atom. The highest BCUT2D eigenvalue weighted by Gasteiger charge is 2.23. The van der Waals surface area contributed by atoms with Gasteiger partial charge in [0.2, 0.25) is 0 Å². The average Bonchev–Trinajstić information content (AvgIpc) is 3.57. The molecule has 10 heteroatoms. The summed E-state index contributed by atoms with van der Waals surface area (Å²) >= 11 is 0. The first-order valence-corrected chi connectivity index (χ1v) is 10.0. The SMILES string of the molecule is Cn1cc(-c2ccc3c(n2)C(c2nc4c(-c5ccoc5)nccc4[nH]2)=NNC3)c(CO)n1. The van der Waals surface area contributed by atoms with Crippen molar-refractivity contribution >= 4 is 16.7 Å². The number of aromatic amines is 1. The maximum Gasteiger partial charge on any atom is 0.161 e. The standard InChI is InChI=1S/C22H18N8O2/c1-30-9-14(17(10-31)29-30)15-3-2-12-8-24-28-21(19(12)25-15)22-26-16-4-6-23-18(20(16)27-22)13-5-7-32-11-13/h2-7,9,11,24,31H,8,10H2,1H3,(H,26,27). The summed E-state index contributed by atoms with van der Waals surface area (Å²) in [4.78, 5) is 17.5. The molecule has 5 aromatic heterocycles. The lowest BCUT2D eigenvalue weighted by Gasteiger charge is -2.16. The Labute approximate surface area is 181 Å². The van der Waals surface area contributed by atoms with E-state index in [4.69, 9.17) is 14.4 Å². The highest BCUT2D eigenvalue weighted by Crippen LogP contribution is 2.28. The zero-order chi connectivity index (χ0) is 21.7. The van der Waals surface area contributed by atoms with Gasteiger partial charge in [0.15, 0.2) is 11.5 Å². The molecular weight excluding hydrogens is 408 g/mol. The highest BCUT2D eigenvalue weighted by molar-refractivity contribution is 6.12. The number of nitrogens with one attached hydrogen (secondary N) is 2. The van der Waals surface area contributed by atoms with Gasteiger partial charge >= 0.3 is 0 Å².